The van der Waals surface area contributed by atoms with Gasteiger partial charge in [0, 0.05) is 11.0 Å². The standard InChI is InChI=1S/C13H9N3OS/c17-13(8-7-10-4-3-9-18-10)16-12-6-2-1-5-11(12)14-15-16/h1-9H/b8-7-. The maximum absolute atomic E-state index is 12.0. The van der Waals surface area contributed by atoms with Gasteiger partial charge < -0.3 is 0 Å². The zero-order valence-corrected chi connectivity index (χ0v) is 10.2. The average Bonchev–Trinajstić information content (AvgIpc) is 3.05. The number of allylic oxidation sites excluding steroid dienone is 1. The SMILES string of the molecule is O=C(/C=C\c1cccs1)n1nnc2ccccc21. The number of carbonyl (C=O) groups is 1. The highest BCUT2D eigenvalue weighted by Gasteiger charge is 2.08. The minimum absolute atomic E-state index is 0.197. The van der Waals surface area contributed by atoms with Crippen LogP contribution in [0.5, 0.6) is 0 Å². The highest BCUT2D eigenvalue weighted by atomic mass is 32.1. The molecule has 3 aromatic rings. The highest BCUT2D eigenvalue weighted by molar-refractivity contribution is 7.10. The first-order valence-electron chi connectivity index (χ1n) is 5.41. The van der Waals surface area contributed by atoms with Gasteiger partial charge in [-0.05, 0) is 29.7 Å². The van der Waals surface area contributed by atoms with Crippen LogP contribution in [0, 0.1) is 0 Å². The number of para-hydroxylation sites is 1. The molecule has 1 aromatic carbocycles. The van der Waals surface area contributed by atoms with Crippen LogP contribution >= 0.6 is 11.3 Å². The fourth-order valence-electron chi connectivity index (χ4n) is 1.64. The van der Waals surface area contributed by atoms with Crippen LogP contribution in [0.4, 0.5) is 0 Å². The fraction of sp³-hybridized carbons (Fsp3) is 0. The predicted molar refractivity (Wildman–Crippen MR) is 71.5 cm³/mol. The van der Waals surface area contributed by atoms with Crippen molar-refractivity contribution < 1.29 is 4.79 Å². The molecule has 18 heavy (non-hydrogen) atoms. The van der Waals surface area contributed by atoms with Crippen LogP contribution < -0.4 is 0 Å². The lowest BCUT2D eigenvalue weighted by Crippen LogP contribution is -2.08. The van der Waals surface area contributed by atoms with Gasteiger partial charge in [-0.1, -0.05) is 23.4 Å². The van der Waals surface area contributed by atoms with E-state index in [1.54, 1.807) is 17.4 Å². The molecule has 2 aromatic heterocycles. The van der Waals surface area contributed by atoms with Gasteiger partial charge in [-0.25, -0.2) is 0 Å². The molecule has 0 aliphatic carbocycles. The summed E-state index contributed by atoms with van der Waals surface area (Å²) in [5.74, 6) is -0.197. The van der Waals surface area contributed by atoms with Crippen LogP contribution in [0.25, 0.3) is 17.1 Å². The molecule has 2 heterocycles. The Bertz CT molecular complexity index is 713. The van der Waals surface area contributed by atoms with Crippen LogP contribution in [0.2, 0.25) is 0 Å². The molecule has 0 unspecified atom stereocenters. The van der Waals surface area contributed by atoms with Gasteiger partial charge >= 0.3 is 0 Å². The minimum atomic E-state index is -0.197. The quantitative estimate of drug-likeness (QED) is 0.661. The maximum atomic E-state index is 12.0. The normalized spacial score (nSPS) is 11.3. The molecular formula is C13H9N3OS. The van der Waals surface area contributed by atoms with Crippen molar-refractivity contribution in [3.8, 4) is 0 Å². The number of benzene rings is 1. The van der Waals surface area contributed by atoms with Crippen molar-refractivity contribution in [1.29, 1.82) is 0 Å². The topological polar surface area (TPSA) is 47.8 Å². The lowest BCUT2D eigenvalue weighted by atomic mass is 10.3. The summed E-state index contributed by atoms with van der Waals surface area (Å²) < 4.78 is 1.30. The van der Waals surface area contributed by atoms with Gasteiger partial charge in [0.1, 0.15) is 5.52 Å². The molecule has 0 saturated carbocycles. The average molecular weight is 255 g/mol. The number of rotatable bonds is 2. The molecule has 0 atom stereocenters. The Balaban J connectivity index is 1.93. The molecule has 0 spiro atoms. The van der Waals surface area contributed by atoms with Gasteiger partial charge in [-0.2, -0.15) is 4.68 Å². The lowest BCUT2D eigenvalue weighted by molar-refractivity contribution is 0.0958. The Morgan fingerprint density at radius 3 is 2.94 bits per heavy atom. The Labute approximate surface area is 107 Å². The zero-order valence-electron chi connectivity index (χ0n) is 9.35. The number of fused-ring (bicyclic) bond motifs is 1. The van der Waals surface area contributed by atoms with Crippen LogP contribution in [0.1, 0.15) is 9.67 Å². The summed E-state index contributed by atoms with van der Waals surface area (Å²) in [6, 6.07) is 11.3. The molecule has 0 bridgehead atoms. The van der Waals surface area contributed by atoms with Crippen LogP contribution in [0.3, 0.4) is 0 Å². The predicted octanol–water partition coefficient (Wildman–Crippen LogP) is 2.85. The van der Waals surface area contributed by atoms with Gasteiger partial charge in [0.25, 0.3) is 5.91 Å². The second-order valence-corrected chi connectivity index (χ2v) is 4.66. The molecule has 4 nitrogen and oxygen atoms in total. The van der Waals surface area contributed by atoms with E-state index < -0.39 is 0 Å². The van der Waals surface area contributed by atoms with Crippen molar-refractivity contribution in [2.45, 2.75) is 0 Å². The van der Waals surface area contributed by atoms with E-state index in [2.05, 4.69) is 10.3 Å². The Morgan fingerprint density at radius 1 is 1.22 bits per heavy atom. The van der Waals surface area contributed by atoms with Gasteiger partial charge in [0.2, 0.25) is 0 Å². The molecule has 0 saturated heterocycles. The third-order valence-corrected chi connectivity index (χ3v) is 3.33. The van der Waals surface area contributed by atoms with Crippen LogP contribution in [-0.4, -0.2) is 20.9 Å². The van der Waals surface area contributed by atoms with E-state index >= 15 is 0 Å². The van der Waals surface area contributed by atoms with Gasteiger partial charge in [0.15, 0.2) is 0 Å². The maximum Gasteiger partial charge on any atom is 0.272 e. The summed E-state index contributed by atoms with van der Waals surface area (Å²) >= 11 is 1.58. The molecule has 0 amide bonds. The summed E-state index contributed by atoms with van der Waals surface area (Å²) in [7, 11) is 0. The number of hydrogen-bond donors (Lipinski definition) is 0. The van der Waals surface area contributed by atoms with Crippen molar-refractivity contribution in [3.05, 3.63) is 52.7 Å². The molecule has 5 heteroatoms. The molecule has 3 rings (SSSR count). The summed E-state index contributed by atoms with van der Waals surface area (Å²) in [6.07, 6.45) is 3.29. The number of nitrogens with zero attached hydrogens (tertiary/aromatic N) is 3. The molecule has 88 valence electrons. The third-order valence-electron chi connectivity index (χ3n) is 2.49. The Hall–Kier alpha value is -2.27. The van der Waals surface area contributed by atoms with Crippen molar-refractivity contribution in [2.24, 2.45) is 0 Å². The van der Waals surface area contributed by atoms with E-state index in [-0.39, 0.29) is 5.91 Å². The third kappa shape index (κ3) is 1.96. The van der Waals surface area contributed by atoms with Crippen molar-refractivity contribution in [3.63, 3.8) is 0 Å². The molecule has 0 aliphatic heterocycles. The Morgan fingerprint density at radius 2 is 2.11 bits per heavy atom. The monoisotopic (exact) mass is 255 g/mol. The summed E-state index contributed by atoms with van der Waals surface area (Å²) in [6.45, 7) is 0. The number of carbonyl (C=O) groups excluding carboxylic acids is 1. The largest absolute Gasteiger partial charge is 0.272 e. The fourth-order valence-corrected chi connectivity index (χ4v) is 2.26. The van der Waals surface area contributed by atoms with E-state index in [9.17, 15) is 4.79 Å². The van der Waals surface area contributed by atoms with Crippen molar-refractivity contribution in [1.82, 2.24) is 15.0 Å². The van der Waals surface area contributed by atoms with Crippen LogP contribution in [-0.2, 0) is 0 Å². The van der Waals surface area contributed by atoms with Gasteiger partial charge in [-0.3, -0.25) is 4.79 Å². The van der Waals surface area contributed by atoms with E-state index in [0.29, 0.717) is 0 Å². The highest BCUT2D eigenvalue weighted by Crippen LogP contribution is 2.12. The van der Waals surface area contributed by atoms with E-state index in [1.165, 1.54) is 10.8 Å². The van der Waals surface area contributed by atoms with Crippen molar-refractivity contribution in [2.75, 3.05) is 0 Å². The van der Waals surface area contributed by atoms with Gasteiger partial charge in [0.05, 0.1) is 5.52 Å². The summed E-state index contributed by atoms with van der Waals surface area (Å²) in [4.78, 5) is 13.0. The van der Waals surface area contributed by atoms with Gasteiger partial charge in [-0.15, -0.1) is 16.4 Å². The van der Waals surface area contributed by atoms with Crippen LogP contribution in [0.15, 0.2) is 47.9 Å². The molecule has 0 fully saturated rings. The summed E-state index contributed by atoms with van der Waals surface area (Å²) in [5, 5.41) is 9.78. The lowest BCUT2D eigenvalue weighted by Gasteiger charge is -1.94. The zero-order chi connectivity index (χ0) is 12.4. The Kier molecular flexibility index (Phi) is 2.74. The van der Waals surface area contributed by atoms with E-state index in [0.717, 1.165) is 15.9 Å². The number of thiophene rings is 1. The number of aromatic nitrogens is 3. The summed E-state index contributed by atoms with van der Waals surface area (Å²) in [5.41, 5.74) is 1.44. The second-order valence-electron chi connectivity index (χ2n) is 3.68. The molecule has 0 aliphatic rings. The second kappa shape index (κ2) is 4.54. The van der Waals surface area contributed by atoms with E-state index in [4.69, 9.17) is 0 Å². The molecule has 0 radical (unpaired) electrons. The molecular weight excluding hydrogens is 246 g/mol. The van der Waals surface area contributed by atoms with E-state index in [1.807, 2.05) is 41.8 Å². The first-order chi connectivity index (χ1) is 8.84. The first kappa shape index (κ1) is 10.9. The smallest absolute Gasteiger partial charge is 0.267 e. The molecule has 0 N–H and O–H groups in total. The number of hydrogen-bond acceptors (Lipinski definition) is 4. The minimum Gasteiger partial charge on any atom is -0.267 e. The van der Waals surface area contributed by atoms with Crippen molar-refractivity contribution >= 4 is 34.4 Å². The first-order valence-corrected chi connectivity index (χ1v) is 6.29.